The maximum Gasteiger partial charge on any atom is 0.164 e. The molecule has 5 nitrogen and oxygen atoms in total. The van der Waals surface area contributed by atoms with Crippen LogP contribution in [0.3, 0.4) is 0 Å². The summed E-state index contributed by atoms with van der Waals surface area (Å²) in [6, 6.07) is 58.6. The number of fused-ring (bicyclic) bond motifs is 7. The molecule has 3 aromatic heterocycles. The van der Waals surface area contributed by atoms with Gasteiger partial charge in [-0.05, 0) is 53.6 Å². The molecule has 10 aromatic rings. The summed E-state index contributed by atoms with van der Waals surface area (Å²) >= 11 is 0. The Morgan fingerprint density at radius 3 is 1.66 bits per heavy atom. The Bertz CT molecular complexity index is 2800. The largest absolute Gasteiger partial charge is 0.455 e. The Hall–Kier alpha value is -6.85. The summed E-state index contributed by atoms with van der Waals surface area (Å²) in [5, 5.41) is 4.37. The molecule has 0 aliphatic rings. The van der Waals surface area contributed by atoms with E-state index in [2.05, 4.69) is 114 Å². The molecule has 234 valence electrons. The van der Waals surface area contributed by atoms with Crippen molar-refractivity contribution in [3.05, 3.63) is 170 Å². The highest BCUT2D eigenvalue weighted by Gasteiger charge is 2.20. The Morgan fingerprint density at radius 2 is 0.960 bits per heavy atom. The number of nitrogens with zero attached hydrogens (tertiary/aromatic N) is 4. The minimum atomic E-state index is 0.597. The zero-order valence-corrected chi connectivity index (χ0v) is 26.9. The van der Waals surface area contributed by atoms with Crippen LogP contribution >= 0.6 is 0 Å². The van der Waals surface area contributed by atoms with Gasteiger partial charge in [-0.15, -0.1) is 0 Å². The van der Waals surface area contributed by atoms with E-state index < -0.39 is 0 Å². The highest BCUT2D eigenvalue weighted by molar-refractivity contribution is 6.24. The standard InChI is InChI=1S/C45H28N4O/c1-4-13-29(14-5-1)32-19-12-20-34(27-32)49-38-22-11-10-21-37(38)41-39(49)26-25-36-35-24-23-33(28-40(35)50-42(36)41)45-47-43(30-15-6-2-7-16-30)46-44(48-45)31-17-8-3-9-18-31/h1-28H. The fraction of sp³-hybridized carbons (Fsp3) is 0. The van der Waals surface area contributed by atoms with Crippen LogP contribution in [0.1, 0.15) is 0 Å². The molecule has 0 radical (unpaired) electrons. The summed E-state index contributed by atoms with van der Waals surface area (Å²) in [5.74, 6) is 1.86. The molecule has 0 saturated carbocycles. The van der Waals surface area contributed by atoms with Gasteiger partial charge in [-0.25, -0.2) is 15.0 Å². The fourth-order valence-corrected chi connectivity index (χ4v) is 7.10. The van der Waals surface area contributed by atoms with Crippen LogP contribution in [-0.2, 0) is 0 Å². The maximum absolute atomic E-state index is 6.82. The van der Waals surface area contributed by atoms with E-state index in [1.807, 2.05) is 60.7 Å². The summed E-state index contributed by atoms with van der Waals surface area (Å²) in [7, 11) is 0. The van der Waals surface area contributed by atoms with Gasteiger partial charge in [0.2, 0.25) is 0 Å². The molecule has 0 unspecified atom stereocenters. The molecule has 3 heterocycles. The number of furan rings is 1. The monoisotopic (exact) mass is 640 g/mol. The molecule has 0 aliphatic heterocycles. The SMILES string of the molecule is c1ccc(-c2cccc(-n3c4ccccc4c4c5oc6cc(-c7nc(-c8ccccc8)nc(-c8ccccc8)n7)ccc6c5ccc43)c2)cc1. The van der Waals surface area contributed by atoms with Crippen LogP contribution in [0.5, 0.6) is 0 Å². The third-order valence-corrected chi connectivity index (χ3v) is 9.44. The summed E-state index contributed by atoms with van der Waals surface area (Å²) in [5.41, 5.74) is 10.1. The first-order chi connectivity index (χ1) is 24.8. The van der Waals surface area contributed by atoms with Crippen LogP contribution in [0.4, 0.5) is 0 Å². The van der Waals surface area contributed by atoms with Crippen LogP contribution in [0.25, 0.3) is 94.7 Å². The summed E-state index contributed by atoms with van der Waals surface area (Å²) in [6.45, 7) is 0. The van der Waals surface area contributed by atoms with E-state index in [0.717, 1.165) is 66.1 Å². The van der Waals surface area contributed by atoms with Gasteiger partial charge < -0.3 is 8.98 Å². The predicted molar refractivity (Wildman–Crippen MR) is 203 cm³/mol. The molecule has 7 aromatic carbocycles. The van der Waals surface area contributed by atoms with Gasteiger partial charge in [-0.1, -0.05) is 127 Å². The molecular weight excluding hydrogens is 613 g/mol. The number of para-hydroxylation sites is 1. The van der Waals surface area contributed by atoms with Gasteiger partial charge in [0.15, 0.2) is 17.5 Å². The number of hydrogen-bond acceptors (Lipinski definition) is 4. The smallest absolute Gasteiger partial charge is 0.164 e. The molecule has 0 aliphatic carbocycles. The lowest BCUT2D eigenvalue weighted by atomic mass is 10.1. The quantitative estimate of drug-likeness (QED) is 0.188. The van der Waals surface area contributed by atoms with Crippen molar-refractivity contribution in [2.75, 3.05) is 0 Å². The topological polar surface area (TPSA) is 56.7 Å². The zero-order valence-electron chi connectivity index (χ0n) is 26.9. The van der Waals surface area contributed by atoms with Crippen LogP contribution in [0, 0.1) is 0 Å². The first kappa shape index (κ1) is 28.2. The van der Waals surface area contributed by atoms with E-state index >= 15 is 0 Å². The lowest BCUT2D eigenvalue weighted by molar-refractivity contribution is 0.673. The third-order valence-electron chi connectivity index (χ3n) is 9.44. The van der Waals surface area contributed by atoms with Crippen LogP contribution in [0.15, 0.2) is 174 Å². The van der Waals surface area contributed by atoms with Crippen molar-refractivity contribution in [3.8, 4) is 51.0 Å². The highest BCUT2D eigenvalue weighted by Crippen LogP contribution is 2.41. The molecular formula is C45H28N4O. The third kappa shape index (κ3) is 4.60. The zero-order chi connectivity index (χ0) is 33.0. The van der Waals surface area contributed by atoms with Gasteiger partial charge in [-0.2, -0.15) is 0 Å². The van der Waals surface area contributed by atoms with E-state index in [-0.39, 0.29) is 0 Å². The lowest BCUT2D eigenvalue weighted by Crippen LogP contribution is -2.00. The molecule has 0 spiro atoms. The van der Waals surface area contributed by atoms with E-state index in [1.54, 1.807) is 0 Å². The summed E-state index contributed by atoms with van der Waals surface area (Å²) < 4.78 is 9.17. The molecule has 0 atom stereocenters. The van der Waals surface area contributed by atoms with Crippen LogP contribution in [-0.4, -0.2) is 19.5 Å². The van der Waals surface area contributed by atoms with Crippen LogP contribution in [0.2, 0.25) is 0 Å². The van der Waals surface area contributed by atoms with E-state index in [1.165, 1.54) is 11.1 Å². The van der Waals surface area contributed by atoms with Gasteiger partial charge >= 0.3 is 0 Å². The predicted octanol–water partition coefficient (Wildman–Crippen LogP) is 11.5. The molecule has 0 fully saturated rings. The second kappa shape index (κ2) is 11.4. The van der Waals surface area contributed by atoms with Crippen molar-refractivity contribution in [1.29, 1.82) is 0 Å². The average molecular weight is 641 g/mol. The molecule has 10 rings (SSSR count). The minimum Gasteiger partial charge on any atom is -0.455 e. The van der Waals surface area contributed by atoms with Crippen molar-refractivity contribution in [2.24, 2.45) is 0 Å². The van der Waals surface area contributed by atoms with E-state index in [4.69, 9.17) is 19.4 Å². The van der Waals surface area contributed by atoms with Gasteiger partial charge in [0, 0.05) is 38.5 Å². The normalized spacial score (nSPS) is 11.6. The number of hydrogen-bond donors (Lipinski definition) is 0. The van der Waals surface area contributed by atoms with Crippen molar-refractivity contribution in [3.63, 3.8) is 0 Å². The molecule has 0 saturated heterocycles. The summed E-state index contributed by atoms with van der Waals surface area (Å²) in [6.07, 6.45) is 0. The van der Waals surface area contributed by atoms with Crippen molar-refractivity contribution in [1.82, 2.24) is 19.5 Å². The van der Waals surface area contributed by atoms with E-state index in [0.29, 0.717) is 17.5 Å². The summed E-state index contributed by atoms with van der Waals surface area (Å²) in [4.78, 5) is 14.8. The van der Waals surface area contributed by atoms with Crippen molar-refractivity contribution < 1.29 is 4.42 Å². The molecule has 0 amide bonds. The highest BCUT2D eigenvalue weighted by atomic mass is 16.3. The van der Waals surface area contributed by atoms with Gasteiger partial charge in [0.1, 0.15) is 11.2 Å². The average Bonchev–Trinajstić information content (AvgIpc) is 3.74. The molecule has 50 heavy (non-hydrogen) atoms. The van der Waals surface area contributed by atoms with E-state index in [9.17, 15) is 0 Å². The molecule has 5 heteroatoms. The van der Waals surface area contributed by atoms with Gasteiger partial charge in [0.05, 0.1) is 16.4 Å². The minimum absolute atomic E-state index is 0.597. The van der Waals surface area contributed by atoms with Gasteiger partial charge in [-0.3, -0.25) is 0 Å². The molecule has 0 N–H and O–H groups in total. The number of aromatic nitrogens is 4. The van der Waals surface area contributed by atoms with Crippen molar-refractivity contribution in [2.45, 2.75) is 0 Å². The second-order valence-corrected chi connectivity index (χ2v) is 12.5. The Morgan fingerprint density at radius 1 is 0.380 bits per heavy atom. The Balaban J connectivity index is 1.16. The van der Waals surface area contributed by atoms with Gasteiger partial charge in [0.25, 0.3) is 0 Å². The first-order valence-electron chi connectivity index (χ1n) is 16.7. The number of benzene rings is 7. The maximum atomic E-state index is 6.82. The Labute approximate surface area is 287 Å². The van der Waals surface area contributed by atoms with Crippen molar-refractivity contribution >= 4 is 43.7 Å². The Kier molecular flexibility index (Phi) is 6.42. The van der Waals surface area contributed by atoms with Crippen LogP contribution < -0.4 is 0 Å². The second-order valence-electron chi connectivity index (χ2n) is 12.5. The molecule has 0 bridgehead atoms. The lowest BCUT2D eigenvalue weighted by Gasteiger charge is -2.10. The number of rotatable bonds is 5. The first-order valence-corrected chi connectivity index (χ1v) is 16.7. The fourth-order valence-electron chi connectivity index (χ4n) is 7.10.